The molecule has 0 amide bonds. The average Bonchev–Trinajstić information content (AvgIpc) is 3.47. The van der Waals surface area contributed by atoms with E-state index in [1.165, 1.54) is 35.5 Å². The molecule has 0 fully saturated rings. The van der Waals surface area contributed by atoms with Gasteiger partial charge in [-0.15, -0.1) is 0 Å². The maximum absolute atomic E-state index is 14.9. The predicted octanol–water partition coefficient (Wildman–Crippen LogP) is 3.35. The van der Waals surface area contributed by atoms with Gasteiger partial charge in [0.25, 0.3) is 0 Å². The van der Waals surface area contributed by atoms with Gasteiger partial charge in [0.1, 0.15) is 41.5 Å². The number of aliphatic hydroxyl groups is 1. The van der Waals surface area contributed by atoms with Crippen LogP contribution >= 0.6 is 0 Å². The molecule has 7 nitrogen and oxygen atoms in total. The van der Waals surface area contributed by atoms with E-state index in [2.05, 4.69) is 15.1 Å². The summed E-state index contributed by atoms with van der Waals surface area (Å²) in [5, 5.41) is 15.9. The molecule has 3 heterocycles. The van der Waals surface area contributed by atoms with Crippen molar-refractivity contribution in [3.63, 3.8) is 0 Å². The molecule has 2 atom stereocenters. The summed E-state index contributed by atoms with van der Waals surface area (Å²) in [5.74, 6) is -1.14. The molecule has 0 spiro atoms. The van der Waals surface area contributed by atoms with Crippen LogP contribution in [0, 0.1) is 17.5 Å². The fourth-order valence-electron chi connectivity index (χ4n) is 4.53. The molecule has 4 aromatic rings. The number of hydrogen-bond donors (Lipinski definition) is 1. The van der Waals surface area contributed by atoms with Gasteiger partial charge in [-0.1, -0.05) is 18.2 Å². The van der Waals surface area contributed by atoms with Crippen LogP contribution in [0.2, 0.25) is 0 Å². The van der Waals surface area contributed by atoms with Crippen molar-refractivity contribution in [2.45, 2.75) is 38.2 Å². The second kappa shape index (κ2) is 8.69. The topological polar surface area (TPSA) is 72.0 Å². The van der Waals surface area contributed by atoms with Gasteiger partial charge >= 0.3 is 0 Å². The maximum atomic E-state index is 14.9. The van der Waals surface area contributed by atoms with Gasteiger partial charge in [0.15, 0.2) is 0 Å². The highest BCUT2D eigenvalue weighted by Gasteiger charge is 2.43. The Bertz CT molecular complexity index is 1310. The van der Waals surface area contributed by atoms with Crippen molar-refractivity contribution in [1.29, 1.82) is 0 Å². The molecule has 2 aromatic carbocycles. The molecule has 0 aliphatic carbocycles. The van der Waals surface area contributed by atoms with E-state index in [0.29, 0.717) is 30.9 Å². The molecule has 176 valence electrons. The Morgan fingerprint density at radius 3 is 2.65 bits per heavy atom. The Hall–Kier alpha value is -3.50. The summed E-state index contributed by atoms with van der Waals surface area (Å²) in [5.41, 5.74) is -0.415. The van der Waals surface area contributed by atoms with E-state index in [9.17, 15) is 18.3 Å². The molecular weight excluding hydrogens is 445 g/mol. The van der Waals surface area contributed by atoms with Crippen molar-refractivity contribution in [1.82, 2.24) is 29.2 Å². The van der Waals surface area contributed by atoms with Gasteiger partial charge in [-0.05, 0) is 25.1 Å². The lowest BCUT2D eigenvalue weighted by Gasteiger charge is -2.42. The van der Waals surface area contributed by atoms with E-state index in [1.807, 2.05) is 15.7 Å². The largest absolute Gasteiger partial charge is 0.381 e. The number of benzene rings is 2. The van der Waals surface area contributed by atoms with Gasteiger partial charge in [0.05, 0.1) is 18.8 Å². The highest BCUT2D eigenvalue weighted by Crippen LogP contribution is 2.34. The van der Waals surface area contributed by atoms with Crippen LogP contribution in [0.4, 0.5) is 13.2 Å². The standard InChI is InChI=1S/C24H23F3N6O/c1-16(24(34,13-33-15-28-14-29-33)20-6-5-19(26)10-21(20)27)31-7-8-32-11-22(30-23(32)12-31)17-3-2-4-18(25)9-17/h2-6,9-11,14-16,34H,7-8,12-13H2,1H3. The lowest BCUT2D eigenvalue weighted by molar-refractivity contribution is -0.0709. The van der Waals surface area contributed by atoms with Crippen molar-refractivity contribution in [3.05, 3.63) is 90.2 Å². The van der Waals surface area contributed by atoms with Gasteiger partial charge in [0, 0.05) is 42.5 Å². The molecule has 0 saturated heterocycles. The summed E-state index contributed by atoms with van der Waals surface area (Å²) >= 11 is 0. The van der Waals surface area contributed by atoms with Gasteiger partial charge in [0.2, 0.25) is 0 Å². The third kappa shape index (κ3) is 4.10. The molecule has 0 radical (unpaired) electrons. The average molecular weight is 468 g/mol. The molecule has 34 heavy (non-hydrogen) atoms. The smallest absolute Gasteiger partial charge is 0.137 e. The van der Waals surface area contributed by atoms with Crippen molar-refractivity contribution in [3.8, 4) is 11.3 Å². The molecule has 10 heteroatoms. The van der Waals surface area contributed by atoms with Crippen LogP contribution in [0.1, 0.15) is 18.3 Å². The molecule has 0 saturated carbocycles. The second-order valence-corrected chi connectivity index (χ2v) is 8.53. The lowest BCUT2D eigenvalue weighted by Crippen LogP contribution is -2.53. The minimum Gasteiger partial charge on any atom is -0.381 e. The number of halogens is 3. The number of rotatable bonds is 6. The second-order valence-electron chi connectivity index (χ2n) is 8.53. The van der Waals surface area contributed by atoms with Crippen LogP contribution < -0.4 is 0 Å². The van der Waals surface area contributed by atoms with Gasteiger partial charge in [-0.3, -0.25) is 4.90 Å². The van der Waals surface area contributed by atoms with Crippen LogP contribution in [0.25, 0.3) is 11.3 Å². The van der Waals surface area contributed by atoms with Crippen LogP contribution in [0.3, 0.4) is 0 Å². The highest BCUT2D eigenvalue weighted by atomic mass is 19.1. The van der Waals surface area contributed by atoms with E-state index >= 15 is 0 Å². The first-order chi connectivity index (χ1) is 16.3. The van der Waals surface area contributed by atoms with Crippen molar-refractivity contribution >= 4 is 0 Å². The van der Waals surface area contributed by atoms with Gasteiger partial charge in [-0.2, -0.15) is 5.10 Å². The molecule has 2 aromatic heterocycles. The van der Waals surface area contributed by atoms with Crippen LogP contribution in [0.5, 0.6) is 0 Å². The summed E-state index contributed by atoms with van der Waals surface area (Å²) in [6.07, 6.45) is 4.65. The zero-order chi connectivity index (χ0) is 23.9. The van der Waals surface area contributed by atoms with E-state index in [0.717, 1.165) is 18.0 Å². The van der Waals surface area contributed by atoms with Gasteiger partial charge in [-0.25, -0.2) is 27.8 Å². The molecule has 1 aliphatic heterocycles. The van der Waals surface area contributed by atoms with E-state index in [-0.39, 0.29) is 17.9 Å². The minimum atomic E-state index is -1.73. The summed E-state index contributed by atoms with van der Waals surface area (Å²) < 4.78 is 45.6. The van der Waals surface area contributed by atoms with E-state index in [1.54, 1.807) is 19.1 Å². The molecule has 1 N–H and O–H groups in total. The predicted molar refractivity (Wildman–Crippen MR) is 118 cm³/mol. The van der Waals surface area contributed by atoms with Crippen LogP contribution in [-0.2, 0) is 25.2 Å². The Kier molecular flexibility index (Phi) is 5.70. The normalized spacial score (nSPS) is 16.7. The van der Waals surface area contributed by atoms with E-state index < -0.39 is 23.3 Å². The first-order valence-corrected chi connectivity index (χ1v) is 10.9. The van der Waals surface area contributed by atoms with Crippen LogP contribution in [-0.4, -0.2) is 46.9 Å². The highest BCUT2D eigenvalue weighted by molar-refractivity contribution is 5.58. The number of hydrogen-bond acceptors (Lipinski definition) is 5. The zero-order valence-corrected chi connectivity index (χ0v) is 18.4. The molecule has 2 unspecified atom stereocenters. The van der Waals surface area contributed by atoms with Crippen molar-refractivity contribution < 1.29 is 18.3 Å². The Labute approximate surface area is 194 Å². The summed E-state index contributed by atoms with van der Waals surface area (Å²) in [4.78, 5) is 10.6. The summed E-state index contributed by atoms with van der Waals surface area (Å²) in [7, 11) is 0. The summed E-state index contributed by atoms with van der Waals surface area (Å²) in [6, 6.07) is 8.83. The number of aromatic nitrogens is 5. The minimum absolute atomic E-state index is 0.0220. The van der Waals surface area contributed by atoms with E-state index in [4.69, 9.17) is 0 Å². The first kappa shape index (κ1) is 22.3. The third-order valence-electron chi connectivity index (χ3n) is 6.46. The van der Waals surface area contributed by atoms with Crippen LogP contribution in [0.15, 0.2) is 61.3 Å². The maximum Gasteiger partial charge on any atom is 0.137 e. The first-order valence-electron chi connectivity index (χ1n) is 10.9. The van der Waals surface area contributed by atoms with Crippen molar-refractivity contribution in [2.24, 2.45) is 0 Å². The number of imidazole rings is 1. The fourth-order valence-corrected chi connectivity index (χ4v) is 4.53. The lowest BCUT2D eigenvalue weighted by atomic mass is 9.85. The molecule has 0 bridgehead atoms. The number of fused-ring (bicyclic) bond motifs is 1. The Balaban J connectivity index is 1.46. The zero-order valence-electron chi connectivity index (χ0n) is 18.4. The quantitative estimate of drug-likeness (QED) is 0.470. The summed E-state index contributed by atoms with van der Waals surface area (Å²) in [6.45, 7) is 3.27. The van der Waals surface area contributed by atoms with Gasteiger partial charge < -0.3 is 9.67 Å². The number of nitrogens with zero attached hydrogens (tertiary/aromatic N) is 6. The Morgan fingerprint density at radius 1 is 1.09 bits per heavy atom. The van der Waals surface area contributed by atoms with Crippen molar-refractivity contribution in [2.75, 3.05) is 6.54 Å². The SMILES string of the molecule is CC(N1CCn2cc(-c3cccc(F)c3)nc2C1)C(O)(Cn1cncn1)c1ccc(F)cc1F. The third-order valence-corrected chi connectivity index (χ3v) is 6.46. The molecule has 5 rings (SSSR count). The monoisotopic (exact) mass is 468 g/mol. The fraction of sp³-hybridized carbons (Fsp3) is 0.292. The molecule has 1 aliphatic rings. The Morgan fingerprint density at radius 2 is 1.91 bits per heavy atom. The molecular formula is C24H23F3N6O.